The summed E-state index contributed by atoms with van der Waals surface area (Å²) in [6.07, 6.45) is 0. The molecule has 1 aliphatic heterocycles. The number of para-hydroxylation sites is 3. The lowest BCUT2D eigenvalue weighted by Gasteiger charge is -2.29. The van der Waals surface area contributed by atoms with E-state index in [1.807, 2.05) is 0 Å². The smallest absolute Gasteiger partial charge is 0.0782 e. The maximum atomic E-state index is 2.49. The van der Waals surface area contributed by atoms with E-state index in [1.165, 1.54) is 59.8 Å². The monoisotopic (exact) mass is 916 g/mol. The van der Waals surface area contributed by atoms with Gasteiger partial charge < -0.3 is 18.9 Å². The molecule has 1 aliphatic rings. The molecular weight excluding hydrogens is 873 g/mol. The first-order valence-corrected chi connectivity index (χ1v) is 24.8. The van der Waals surface area contributed by atoms with Crippen LogP contribution in [0.1, 0.15) is 0 Å². The average molecular weight is 917 g/mol. The van der Waals surface area contributed by atoms with Gasteiger partial charge >= 0.3 is 0 Å². The molecule has 8 bridgehead atoms. The van der Waals surface area contributed by atoms with Gasteiger partial charge in [-0.15, -0.1) is 0 Å². The van der Waals surface area contributed by atoms with Gasteiger partial charge in [-0.1, -0.05) is 176 Å². The predicted octanol–water partition coefficient (Wildman–Crippen LogP) is 18.8. The van der Waals surface area contributed by atoms with Gasteiger partial charge in [0.1, 0.15) is 0 Å². The van der Waals surface area contributed by atoms with Crippen LogP contribution in [0.15, 0.2) is 267 Å². The third kappa shape index (κ3) is 6.12. The fraction of sp³-hybridized carbons (Fsp3) is 0. The van der Waals surface area contributed by atoms with Crippen molar-refractivity contribution in [2.24, 2.45) is 0 Å². The molecule has 0 saturated heterocycles. The van der Waals surface area contributed by atoms with Crippen LogP contribution in [0, 0.1) is 0 Å². The average Bonchev–Trinajstić information content (AvgIpc) is 3.97. The molecule has 0 aliphatic carbocycles. The van der Waals surface area contributed by atoms with Crippen LogP contribution < -0.4 is 9.80 Å². The number of anilines is 6. The first-order valence-electron chi connectivity index (χ1n) is 24.8. The minimum atomic E-state index is 1.07. The van der Waals surface area contributed by atoms with Crippen molar-refractivity contribution in [1.29, 1.82) is 0 Å². The minimum Gasteiger partial charge on any atom is -0.310 e. The fourth-order valence-corrected chi connectivity index (χ4v) is 11.8. The van der Waals surface area contributed by atoms with E-state index in [2.05, 4.69) is 286 Å². The number of hydrogen-bond acceptors (Lipinski definition) is 2. The number of fused-ring (bicyclic) bond motifs is 18. The molecule has 336 valence electrons. The molecule has 4 nitrogen and oxygen atoms in total. The zero-order chi connectivity index (χ0) is 47.3. The van der Waals surface area contributed by atoms with Crippen LogP contribution in [0.5, 0.6) is 0 Å². The number of aromatic nitrogens is 2. The molecule has 0 amide bonds. The summed E-state index contributed by atoms with van der Waals surface area (Å²) in [5.74, 6) is 0. The van der Waals surface area contributed by atoms with Crippen molar-refractivity contribution in [3.05, 3.63) is 267 Å². The lowest BCUT2D eigenvalue weighted by atomic mass is 9.99. The second-order valence-electron chi connectivity index (χ2n) is 18.9. The molecule has 0 fully saturated rings. The summed E-state index contributed by atoms with van der Waals surface area (Å²) in [7, 11) is 0. The van der Waals surface area contributed by atoms with Crippen molar-refractivity contribution >= 4 is 99.3 Å². The molecule has 3 heterocycles. The summed E-state index contributed by atoms with van der Waals surface area (Å²) in [5, 5.41) is 9.70. The second kappa shape index (κ2) is 16.0. The van der Waals surface area contributed by atoms with E-state index in [4.69, 9.17) is 0 Å². The van der Waals surface area contributed by atoms with Crippen LogP contribution >= 0.6 is 0 Å². The van der Waals surface area contributed by atoms with Crippen molar-refractivity contribution in [2.45, 2.75) is 0 Å². The van der Waals surface area contributed by atoms with E-state index in [-0.39, 0.29) is 0 Å². The van der Waals surface area contributed by atoms with E-state index in [0.29, 0.717) is 0 Å². The Kier molecular flexibility index (Phi) is 8.92. The zero-order valence-electron chi connectivity index (χ0n) is 39.2. The third-order valence-corrected chi connectivity index (χ3v) is 14.9. The Labute approximate surface area is 416 Å². The maximum Gasteiger partial charge on any atom is 0.0782 e. The molecule has 0 N–H and O–H groups in total. The highest BCUT2D eigenvalue weighted by Crippen LogP contribution is 2.49. The van der Waals surface area contributed by atoms with Gasteiger partial charge in [0, 0.05) is 55.1 Å². The Bertz CT molecular complexity index is 4390. The molecule has 15 rings (SSSR count). The summed E-state index contributed by atoms with van der Waals surface area (Å²) < 4.78 is 4.95. The van der Waals surface area contributed by atoms with E-state index in [9.17, 15) is 0 Å². The molecular formula is C68H44N4. The van der Waals surface area contributed by atoms with E-state index in [1.54, 1.807) is 0 Å². The largest absolute Gasteiger partial charge is 0.310 e. The Balaban J connectivity index is 0.976. The molecule has 12 aromatic carbocycles. The van der Waals surface area contributed by atoms with Gasteiger partial charge in [0.25, 0.3) is 0 Å². The standard InChI is InChI=1S/C68H44N4/c1-3-29-55-45(17-1)19-13-36-60(55)71-63-35-8-6-32-59(63)67-64(38-16-39-65(67)71)69-51-25-9-21-47(41-51)49-23-11-27-53(43-49)70(54-28-12-24-50(44-54)48-22-10-26-52(69)42-48)66-40-15-33-58-57-31-5-7-34-62(57)72(68(58)66)61-37-14-20-46-18-2-4-30-56(46)61/h1-44H. The highest BCUT2D eigenvalue weighted by molar-refractivity contribution is 6.18. The molecule has 0 spiro atoms. The van der Waals surface area contributed by atoms with Gasteiger partial charge in [0.05, 0.1) is 44.8 Å². The first kappa shape index (κ1) is 40.3. The van der Waals surface area contributed by atoms with E-state index < -0.39 is 0 Å². The molecule has 72 heavy (non-hydrogen) atoms. The molecule has 2 aromatic heterocycles. The van der Waals surface area contributed by atoms with Gasteiger partial charge in [-0.05, 0) is 124 Å². The van der Waals surface area contributed by atoms with Crippen LogP contribution in [0.25, 0.3) is 98.8 Å². The van der Waals surface area contributed by atoms with E-state index >= 15 is 0 Å². The van der Waals surface area contributed by atoms with Gasteiger partial charge in [-0.2, -0.15) is 0 Å². The number of hydrogen-bond donors (Lipinski definition) is 0. The summed E-state index contributed by atoms with van der Waals surface area (Å²) in [5.41, 5.74) is 18.0. The highest BCUT2D eigenvalue weighted by Gasteiger charge is 2.26. The molecule has 0 radical (unpaired) electrons. The summed E-state index contributed by atoms with van der Waals surface area (Å²) in [6.45, 7) is 0. The minimum absolute atomic E-state index is 1.07. The SMILES string of the molecule is c1cc2cc(c1)N(c1cccc3c1c1ccccc1n3-c1cccc3ccccc13)c1cccc(c1)-c1cccc(c1)N(c1cccc3c4ccccc4n(-c4cccc5ccccc45)c13)c1cccc-2c1. The van der Waals surface area contributed by atoms with Gasteiger partial charge in [0.2, 0.25) is 0 Å². The van der Waals surface area contributed by atoms with Crippen LogP contribution in [0.2, 0.25) is 0 Å². The number of nitrogens with zero attached hydrogens (tertiary/aromatic N) is 4. The Morgan fingerprint density at radius 3 is 1.15 bits per heavy atom. The van der Waals surface area contributed by atoms with Crippen molar-refractivity contribution in [3.8, 4) is 33.6 Å². The summed E-state index contributed by atoms with van der Waals surface area (Å²) >= 11 is 0. The fourth-order valence-electron chi connectivity index (χ4n) is 11.8. The number of benzene rings is 12. The van der Waals surface area contributed by atoms with Crippen molar-refractivity contribution in [3.63, 3.8) is 0 Å². The number of rotatable bonds is 4. The van der Waals surface area contributed by atoms with Crippen LogP contribution in [-0.4, -0.2) is 9.13 Å². The normalized spacial score (nSPS) is 12.4. The topological polar surface area (TPSA) is 16.3 Å². The van der Waals surface area contributed by atoms with Crippen molar-refractivity contribution in [2.75, 3.05) is 9.80 Å². The lowest BCUT2D eigenvalue weighted by Crippen LogP contribution is -2.12. The third-order valence-electron chi connectivity index (χ3n) is 14.9. The Morgan fingerprint density at radius 1 is 0.222 bits per heavy atom. The van der Waals surface area contributed by atoms with Crippen molar-refractivity contribution < 1.29 is 0 Å². The van der Waals surface area contributed by atoms with Gasteiger partial charge in [0.15, 0.2) is 0 Å². The van der Waals surface area contributed by atoms with Crippen LogP contribution in [-0.2, 0) is 0 Å². The molecule has 0 atom stereocenters. The molecule has 14 aromatic rings. The van der Waals surface area contributed by atoms with Gasteiger partial charge in [-0.3, -0.25) is 0 Å². The quantitative estimate of drug-likeness (QED) is 0.175. The Morgan fingerprint density at radius 2 is 0.583 bits per heavy atom. The lowest BCUT2D eigenvalue weighted by molar-refractivity contribution is 1.18. The van der Waals surface area contributed by atoms with Crippen LogP contribution in [0.4, 0.5) is 34.1 Å². The zero-order valence-corrected chi connectivity index (χ0v) is 39.2. The predicted molar refractivity (Wildman–Crippen MR) is 304 cm³/mol. The highest BCUT2D eigenvalue weighted by atomic mass is 15.2. The second-order valence-corrected chi connectivity index (χ2v) is 18.9. The molecule has 4 heteroatoms. The van der Waals surface area contributed by atoms with E-state index in [0.717, 1.165) is 73.1 Å². The maximum absolute atomic E-state index is 2.49. The molecule has 0 saturated carbocycles. The van der Waals surface area contributed by atoms with Crippen molar-refractivity contribution in [1.82, 2.24) is 9.13 Å². The summed E-state index contributed by atoms with van der Waals surface area (Å²) in [4.78, 5) is 4.93. The first-order chi connectivity index (χ1) is 35.7. The van der Waals surface area contributed by atoms with Gasteiger partial charge in [-0.25, -0.2) is 0 Å². The summed E-state index contributed by atoms with van der Waals surface area (Å²) in [6, 6.07) is 98.4. The molecule has 0 unspecified atom stereocenters. The Hall–Kier alpha value is -9.64. The van der Waals surface area contributed by atoms with Crippen LogP contribution in [0.3, 0.4) is 0 Å².